The average molecular weight is 273 g/mol. The summed E-state index contributed by atoms with van der Waals surface area (Å²) >= 11 is 0. The highest BCUT2D eigenvalue weighted by atomic mass is 19.1. The van der Waals surface area contributed by atoms with Gasteiger partial charge in [0, 0.05) is 17.9 Å². The van der Waals surface area contributed by atoms with Crippen LogP contribution in [0.3, 0.4) is 0 Å². The maximum absolute atomic E-state index is 13.3. The molecule has 1 aliphatic carbocycles. The van der Waals surface area contributed by atoms with Crippen LogP contribution in [0.5, 0.6) is 0 Å². The molecule has 104 valence electrons. The number of hydrogen-bond donors (Lipinski definition) is 2. The number of aromatic nitrogens is 1. The zero-order chi connectivity index (χ0) is 14.3. The first-order valence-electron chi connectivity index (χ1n) is 6.59. The fourth-order valence-electron chi connectivity index (χ4n) is 2.34. The minimum atomic E-state index is -0.364. The molecule has 20 heavy (non-hydrogen) atoms. The summed E-state index contributed by atoms with van der Waals surface area (Å²) in [6, 6.07) is 6.47. The van der Waals surface area contributed by atoms with Crippen molar-refractivity contribution in [1.29, 1.82) is 0 Å². The van der Waals surface area contributed by atoms with Gasteiger partial charge in [0.2, 0.25) is 0 Å². The SMILES string of the molecule is Cc1cc(F)cc(NC(=O)c2cc(N)cn2C2CC2)c1. The minimum Gasteiger partial charge on any atom is -0.397 e. The highest BCUT2D eigenvalue weighted by Crippen LogP contribution is 2.37. The van der Waals surface area contributed by atoms with E-state index in [1.807, 2.05) is 4.57 Å². The molecule has 2 aromatic rings. The third-order valence-electron chi connectivity index (χ3n) is 3.34. The van der Waals surface area contributed by atoms with Crippen molar-refractivity contribution in [2.45, 2.75) is 25.8 Å². The largest absolute Gasteiger partial charge is 0.397 e. The molecular weight excluding hydrogens is 257 g/mol. The number of halogens is 1. The zero-order valence-corrected chi connectivity index (χ0v) is 11.2. The number of amides is 1. The normalized spacial score (nSPS) is 14.3. The van der Waals surface area contributed by atoms with Crippen LogP contribution in [0.15, 0.2) is 30.5 Å². The summed E-state index contributed by atoms with van der Waals surface area (Å²) in [5, 5.41) is 2.72. The third kappa shape index (κ3) is 2.52. The number of nitrogens with two attached hydrogens (primary N) is 1. The van der Waals surface area contributed by atoms with Crippen molar-refractivity contribution in [2.24, 2.45) is 0 Å². The summed E-state index contributed by atoms with van der Waals surface area (Å²) in [6.45, 7) is 1.78. The summed E-state index contributed by atoms with van der Waals surface area (Å²) in [7, 11) is 0. The van der Waals surface area contributed by atoms with E-state index in [2.05, 4.69) is 5.32 Å². The van der Waals surface area contributed by atoms with Crippen LogP contribution < -0.4 is 11.1 Å². The van der Waals surface area contributed by atoms with Gasteiger partial charge in [0.25, 0.3) is 5.91 Å². The second-order valence-corrected chi connectivity index (χ2v) is 5.27. The first kappa shape index (κ1) is 12.7. The van der Waals surface area contributed by atoms with Crippen molar-refractivity contribution in [1.82, 2.24) is 4.57 Å². The Labute approximate surface area is 116 Å². The van der Waals surface area contributed by atoms with E-state index in [4.69, 9.17) is 5.73 Å². The van der Waals surface area contributed by atoms with Gasteiger partial charge in [-0.25, -0.2) is 4.39 Å². The molecule has 5 heteroatoms. The maximum atomic E-state index is 13.3. The monoisotopic (exact) mass is 273 g/mol. The highest BCUT2D eigenvalue weighted by molar-refractivity contribution is 6.04. The lowest BCUT2D eigenvalue weighted by Crippen LogP contribution is -2.16. The van der Waals surface area contributed by atoms with Crippen molar-refractivity contribution >= 4 is 17.3 Å². The number of nitrogen functional groups attached to an aromatic ring is 1. The number of anilines is 2. The molecular formula is C15H16FN3O. The van der Waals surface area contributed by atoms with Crippen molar-refractivity contribution in [2.75, 3.05) is 11.1 Å². The Bertz CT molecular complexity index is 654. The van der Waals surface area contributed by atoms with Crippen LogP contribution in [0, 0.1) is 12.7 Å². The Hall–Kier alpha value is -2.30. The van der Waals surface area contributed by atoms with Crippen molar-refractivity contribution in [3.63, 3.8) is 0 Å². The lowest BCUT2D eigenvalue weighted by Gasteiger charge is -2.09. The van der Waals surface area contributed by atoms with Crippen LogP contribution >= 0.6 is 0 Å². The molecule has 1 saturated carbocycles. The van der Waals surface area contributed by atoms with Crippen LogP contribution in [-0.4, -0.2) is 10.5 Å². The molecule has 1 amide bonds. The van der Waals surface area contributed by atoms with Crippen molar-refractivity contribution < 1.29 is 9.18 Å². The predicted molar refractivity (Wildman–Crippen MR) is 76.2 cm³/mol. The van der Waals surface area contributed by atoms with E-state index in [0.29, 0.717) is 23.1 Å². The van der Waals surface area contributed by atoms with Gasteiger partial charge in [-0.15, -0.1) is 0 Å². The van der Waals surface area contributed by atoms with E-state index >= 15 is 0 Å². The topological polar surface area (TPSA) is 60.1 Å². The van der Waals surface area contributed by atoms with E-state index in [-0.39, 0.29) is 11.7 Å². The fraction of sp³-hybridized carbons (Fsp3) is 0.267. The first-order valence-corrected chi connectivity index (χ1v) is 6.59. The molecule has 1 fully saturated rings. The summed E-state index contributed by atoms with van der Waals surface area (Å²) in [4.78, 5) is 12.3. The first-order chi connectivity index (χ1) is 9.52. The van der Waals surface area contributed by atoms with E-state index < -0.39 is 0 Å². The number of aryl methyl sites for hydroxylation is 1. The molecule has 0 radical (unpaired) electrons. The van der Waals surface area contributed by atoms with Crippen LogP contribution in [0.25, 0.3) is 0 Å². The Morgan fingerprint density at radius 1 is 1.35 bits per heavy atom. The van der Waals surface area contributed by atoms with E-state index in [9.17, 15) is 9.18 Å². The van der Waals surface area contributed by atoms with Crippen LogP contribution in [0.4, 0.5) is 15.8 Å². The number of nitrogens with zero attached hydrogens (tertiary/aromatic N) is 1. The molecule has 4 nitrogen and oxygen atoms in total. The number of nitrogens with one attached hydrogen (secondary N) is 1. The molecule has 0 aliphatic heterocycles. The van der Waals surface area contributed by atoms with Crippen molar-refractivity contribution in [3.05, 3.63) is 47.5 Å². The average Bonchev–Trinajstić information content (AvgIpc) is 3.11. The van der Waals surface area contributed by atoms with E-state index in [0.717, 1.165) is 18.4 Å². The van der Waals surface area contributed by atoms with E-state index in [1.54, 1.807) is 25.3 Å². The Kier molecular flexibility index (Phi) is 2.97. The van der Waals surface area contributed by atoms with Crippen LogP contribution in [-0.2, 0) is 0 Å². The number of hydrogen-bond acceptors (Lipinski definition) is 2. The molecule has 3 rings (SSSR count). The number of carbonyl (C=O) groups is 1. The molecule has 1 aliphatic rings. The summed E-state index contributed by atoms with van der Waals surface area (Å²) < 4.78 is 15.2. The van der Waals surface area contributed by atoms with Crippen LogP contribution in [0.1, 0.15) is 34.9 Å². The summed E-state index contributed by atoms with van der Waals surface area (Å²) in [6.07, 6.45) is 3.91. The van der Waals surface area contributed by atoms with Gasteiger partial charge in [-0.3, -0.25) is 4.79 Å². The van der Waals surface area contributed by atoms with Crippen LogP contribution in [0.2, 0.25) is 0 Å². The predicted octanol–water partition coefficient (Wildman–Crippen LogP) is 3.11. The molecule has 1 aromatic carbocycles. The Morgan fingerprint density at radius 2 is 2.10 bits per heavy atom. The quantitative estimate of drug-likeness (QED) is 0.902. The lowest BCUT2D eigenvalue weighted by molar-refractivity contribution is 0.101. The molecule has 3 N–H and O–H groups in total. The second-order valence-electron chi connectivity index (χ2n) is 5.27. The molecule has 0 spiro atoms. The standard InChI is InChI=1S/C15H16FN3O/c1-9-4-10(16)6-12(5-9)18-15(20)14-7-11(17)8-19(14)13-2-3-13/h4-8,13H,2-3,17H2,1H3,(H,18,20). The van der Waals surface area contributed by atoms with Gasteiger partial charge in [-0.05, 0) is 49.6 Å². The highest BCUT2D eigenvalue weighted by Gasteiger charge is 2.27. The lowest BCUT2D eigenvalue weighted by atomic mass is 10.2. The number of carbonyl (C=O) groups excluding carboxylic acids is 1. The fourth-order valence-corrected chi connectivity index (χ4v) is 2.34. The number of rotatable bonds is 3. The van der Waals surface area contributed by atoms with Gasteiger partial charge >= 0.3 is 0 Å². The molecule has 0 atom stereocenters. The molecule has 1 aromatic heterocycles. The minimum absolute atomic E-state index is 0.265. The Balaban J connectivity index is 1.85. The molecule has 0 saturated heterocycles. The Morgan fingerprint density at radius 3 is 2.75 bits per heavy atom. The van der Waals surface area contributed by atoms with Gasteiger partial charge in [-0.2, -0.15) is 0 Å². The van der Waals surface area contributed by atoms with E-state index in [1.165, 1.54) is 12.1 Å². The third-order valence-corrected chi connectivity index (χ3v) is 3.34. The van der Waals surface area contributed by atoms with Gasteiger partial charge in [-0.1, -0.05) is 0 Å². The molecule has 0 unspecified atom stereocenters. The maximum Gasteiger partial charge on any atom is 0.272 e. The van der Waals surface area contributed by atoms with Gasteiger partial charge in [0.1, 0.15) is 11.5 Å². The summed E-state index contributed by atoms with van der Waals surface area (Å²) in [5.74, 6) is -0.629. The van der Waals surface area contributed by atoms with Gasteiger partial charge in [0.15, 0.2) is 0 Å². The molecule has 1 heterocycles. The smallest absolute Gasteiger partial charge is 0.272 e. The van der Waals surface area contributed by atoms with Crippen molar-refractivity contribution in [3.8, 4) is 0 Å². The number of benzene rings is 1. The van der Waals surface area contributed by atoms with Gasteiger partial charge < -0.3 is 15.6 Å². The summed E-state index contributed by atoms with van der Waals surface area (Å²) in [5.41, 5.74) is 8.07. The van der Waals surface area contributed by atoms with Gasteiger partial charge in [0.05, 0.1) is 5.69 Å². The zero-order valence-electron chi connectivity index (χ0n) is 11.2. The second kappa shape index (κ2) is 4.67. The molecule has 0 bridgehead atoms.